The standard InChI is InChI=1S/C15H18N2O3/c1-10(2)14-9-11(16-20-14)12-5-3-7-17(12)15(18)13-6-4-8-19-13/h4,6,8-10,12H,3,5,7H2,1-2H3. The number of furan rings is 1. The van der Waals surface area contributed by atoms with E-state index in [1.807, 2.05) is 11.0 Å². The lowest BCUT2D eigenvalue weighted by molar-refractivity contribution is 0.0698. The Kier molecular flexibility index (Phi) is 3.34. The van der Waals surface area contributed by atoms with Gasteiger partial charge in [0, 0.05) is 18.5 Å². The molecule has 1 amide bonds. The fraction of sp³-hybridized carbons (Fsp3) is 0.467. The number of likely N-dealkylation sites (tertiary alicyclic amines) is 1. The van der Waals surface area contributed by atoms with Gasteiger partial charge in [0.1, 0.15) is 11.5 Å². The molecule has 0 saturated carbocycles. The molecule has 1 atom stereocenters. The molecule has 0 aliphatic carbocycles. The Hall–Kier alpha value is -2.04. The average molecular weight is 274 g/mol. The average Bonchev–Trinajstić information content (AvgIpc) is 3.17. The van der Waals surface area contributed by atoms with Gasteiger partial charge in [-0.3, -0.25) is 4.79 Å². The molecule has 1 aliphatic rings. The minimum atomic E-state index is -0.0772. The maximum Gasteiger partial charge on any atom is 0.290 e. The number of hydrogen-bond acceptors (Lipinski definition) is 4. The maximum absolute atomic E-state index is 12.4. The van der Waals surface area contributed by atoms with Crippen molar-refractivity contribution in [3.63, 3.8) is 0 Å². The van der Waals surface area contributed by atoms with Crippen molar-refractivity contribution in [2.24, 2.45) is 0 Å². The van der Waals surface area contributed by atoms with Crippen LogP contribution >= 0.6 is 0 Å². The van der Waals surface area contributed by atoms with Crippen molar-refractivity contribution in [3.8, 4) is 0 Å². The largest absolute Gasteiger partial charge is 0.459 e. The molecule has 0 spiro atoms. The zero-order valence-electron chi connectivity index (χ0n) is 11.7. The van der Waals surface area contributed by atoms with E-state index < -0.39 is 0 Å². The lowest BCUT2D eigenvalue weighted by atomic mass is 10.1. The maximum atomic E-state index is 12.4. The van der Waals surface area contributed by atoms with E-state index in [0.29, 0.717) is 11.7 Å². The summed E-state index contributed by atoms with van der Waals surface area (Å²) >= 11 is 0. The van der Waals surface area contributed by atoms with Crippen LogP contribution in [0.3, 0.4) is 0 Å². The van der Waals surface area contributed by atoms with Crippen molar-refractivity contribution in [2.75, 3.05) is 6.54 Å². The predicted octanol–water partition coefficient (Wildman–Crippen LogP) is 3.37. The second-order valence-electron chi connectivity index (χ2n) is 5.44. The van der Waals surface area contributed by atoms with E-state index >= 15 is 0 Å². The highest BCUT2D eigenvalue weighted by Gasteiger charge is 2.33. The minimum Gasteiger partial charge on any atom is -0.459 e. The van der Waals surface area contributed by atoms with Crippen LogP contribution in [0.1, 0.15) is 60.7 Å². The lowest BCUT2D eigenvalue weighted by Gasteiger charge is -2.21. The van der Waals surface area contributed by atoms with Crippen molar-refractivity contribution in [1.82, 2.24) is 10.1 Å². The van der Waals surface area contributed by atoms with Crippen molar-refractivity contribution in [3.05, 3.63) is 41.7 Å². The summed E-state index contributed by atoms with van der Waals surface area (Å²) in [5, 5.41) is 4.13. The molecule has 3 rings (SSSR count). The Bertz CT molecular complexity index is 586. The summed E-state index contributed by atoms with van der Waals surface area (Å²) in [5.74, 6) is 1.46. The van der Waals surface area contributed by atoms with Gasteiger partial charge in [-0.1, -0.05) is 19.0 Å². The number of carbonyl (C=O) groups excluding carboxylic acids is 1. The molecule has 5 nitrogen and oxygen atoms in total. The molecular weight excluding hydrogens is 256 g/mol. The van der Waals surface area contributed by atoms with Crippen molar-refractivity contribution in [2.45, 2.75) is 38.6 Å². The van der Waals surface area contributed by atoms with Crippen LogP contribution in [0.5, 0.6) is 0 Å². The molecule has 0 radical (unpaired) electrons. The second-order valence-corrected chi connectivity index (χ2v) is 5.44. The molecule has 1 saturated heterocycles. The van der Waals surface area contributed by atoms with Gasteiger partial charge >= 0.3 is 0 Å². The van der Waals surface area contributed by atoms with E-state index in [9.17, 15) is 4.79 Å². The van der Waals surface area contributed by atoms with Crippen LogP contribution in [-0.4, -0.2) is 22.5 Å². The summed E-state index contributed by atoms with van der Waals surface area (Å²) < 4.78 is 10.5. The van der Waals surface area contributed by atoms with Crippen LogP contribution in [0, 0.1) is 0 Å². The van der Waals surface area contributed by atoms with Crippen LogP contribution in [0.4, 0.5) is 0 Å². The van der Waals surface area contributed by atoms with E-state index in [1.165, 1.54) is 6.26 Å². The molecule has 1 unspecified atom stereocenters. The number of carbonyl (C=O) groups is 1. The quantitative estimate of drug-likeness (QED) is 0.861. The molecule has 5 heteroatoms. The Morgan fingerprint density at radius 3 is 3.00 bits per heavy atom. The zero-order valence-corrected chi connectivity index (χ0v) is 11.7. The molecule has 0 bridgehead atoms. The van der Waals surface area contributed by atoms with E-state index in [0.717, 1.165) is 30.8 Å². The molecule has 1 aliphatic heterocycles. The van der Waals surface area contributed by atoms with Gasteiger partial charge in [0.25, 0.3) is 5.91 Å². The molecule has 3 heterocycles. The Labute approximate surface area is 117 Å². The third-order valence-electron chi connectivity index (χ3n) is 3.70. The first-order chi connectivity index (χ1) is 9.66. The van der Waals surface area contributed by atoms with Crippen LogP contribution in [0.15, 0.2) is 33.4 Å². The summed E-state index contributed by atoms with van der Waals surface area (Å²) in [5.41, 5.74) is 0.839. The monoisotopic (exact) mass is 274 g/mol. The van der Waals surface area contributed by atoms with Crippen LogP contribution in [0.2, 0.25) is 0 Å². The molecule has 2 aromatic heterocycles. The number of amides is 1. The lowest BCUT2D eigenvalue weighted by Crippen LogP contribution is -2.30. The minimum absolute atomic E-state index is 0.0103. The van der Waals surface area contributed by atoms with E-state index in [2.05, 4.69) is 19.0 Å². The molecule has 0 aromatic carbocycles. The first kappa shape index (κ1) is 13.0. The fourth-order valence-corrected chi connectivity index (χ4v) is 2.59. The second kappa shape index (κ2) is 5.15. The molecule has 20 heavy (non-hydrogen) atoms. The number of rotatable bonds is 3. The Balaban J connectivity index is 1.83. The Morgan fingerprint density at radius 2 is 2.35 bits per heavy atom. The molecule has 106 valence electrons. The van der Waals surface area contributed by atoms with Gasteiger partial charge in [0.15, 0.2) is 5.76 Å². The SMILES string of the molecule is CC(C)c1cc(C2CCCN2C(=O)c2ccco2)no1. The van der Waals surface area contributed by atoms with Gasteiger partial charge in [0.2, 0.25) is 0 Å². The van der Waals surface area contributed by atoms with E-state index in [1.54, 1.807) is 12.1 Å². The number of aromatic nitrogens is 1. The smallest absolute Gasteiger partial charge is 0.290 e. The summed E-state index contributed by atoms with van der Waals surface area (Å²) in [6, 6.07) is 5.37. The normalized spacial score (nSPS) is 18.9. The van der Waals surface area contributed by atoms with Crippen LogP contribution in [0.25, 0.3) is 0 Å². The molecule has 2 aromatic rings. The first-order valence-corrected chi connectivity index (χ1v) is 6.98. The van der Waals surface area contributed by atoms with E-state index in [-0.39, 0.29) is 11.9 Å². The number of hydrogen-bond donors (Lipinski definition) is 0. The van der Waals surface area contributed by atoms with Crippen LogP contribution < -0.4 is 0 Å². The Morgan fingerprint density at radius 1 is 1.50 bits per heavy atom. The van der Waals surface area contributed by atoms with Gasteiger partial charge < -0.3 is 13.8 Å². The van der Waals surface area contributed by atoms with Gasteiger partial charge in [-0.05, 0) is 25.0 Å². The summed E-state index contributed by atoms with van der Waals surface area (Å²) in [6.07, 6.45) is 3.41. The van der Waals surface area contributed by atoms with Gasteiger partial charge in [-0.15, -0.1) is 0 Å². The van der Waals surface area contributed by atoms with Crippen molar-refractivity contribution in [1.29, 1.82) is 0 Å². The highest BCUT2D eigenvalue weighted by molar-refractivity contribution is 5.91. The van der Waals surface area contributed by atoms with Crippen molar-refractivity contribution < 1.29 is 13.7 Å². The predicted molar refractivity (Wildman–Crippen MR) is 72.3 cm³/mol. The zero-order chi connectivity index (χ0) is 14.1. The van der Waals surface area contributed by atoms with Crippen molar-refractivity contribution >= 4 is 5.91 Å². The van der Waals surface area contributed by atoms with Gasteiger partial charge in [-0.25, -0.2) is 0 Å². The molecular formula is C15H18N2O3. The van der Waals surface area contributed by atoms with Gasteiger partial charge in [0.05, 0.1) is 12.3 Å². The van der Waals surface area contributed by atoms with Crippen LogP contribution in [-0.2, 0) is 0 Å². The van der Waals surface area contributed by atoms with Gasteiger partial charge in [-0.2, -0.15) is 0 Å². The third kappa shape index (κ3) is 2.24. The molecule has 0 N–H and O–H groups in total. The highest BCUT2D eigenvalue weighted by atomic mass is 16.5. The van der Waals surface area contributed by atoms with E-state index in [4.69, 9.17) is 8.94 Å². The highest BCUT2D eigenvalue weighted by Crippen LogP contribution is 2.33. The third-order valence-corrected chi connectivity index (χ3v) is 3.70. The number of nitrogens with zero attached hydrogens (tertiary/aromatic N) is 2. The fourth-order valence-electron chi connectivity index (χ4n) is 2.59. The molecule has 1 fully saturated rings. The summed E-state index contributed by atoms with van der Waals surface area (Å²) in [7, 11) is 0. The first-order valence-electron chi connectivity index (χ1n) is 6.98. The topological polar surface area (TPSA) is 59.5 Å². The summed E-state index contributed by atoms with van der Waals surface area (Å²) in [6.45, 7) is 4.85. The summed E-state index contributed by atoms with van der Waals surface area (Å²) in [4.78, 5) is 14.2.